The molecule has 4 N–H and O–H groups in total. The SMILES string of the molecule is C[C@]12CC[C@H](NC(=O)N3CCNC(=O)C3)C[C@H]1CC[C@@H]1[C@@H]2CC[C@]2(C)[C@@H](c3ccc(=O)oc3)[C@H](CC(=O)O)C[C@]12O. The third kappa shape index (κ3) is 4.57. The molecule has 2 heterocycles. The first-order valence-electron chi connectivity index (χ1n) is 15.3. The maximum atomic E-state index is 12.9. The zero-order valence-electron chi connectivity index (χ0n) is 24.1. The van der Waals surface area contributed by atoms with Crippen LogP contribution in [-0.4, -0.2) is 64.3 Å². The number of rotatable bonds is 4. The molecule has 0 radical (unpaired) electrons. The summed E-state index contributed by atoms with van der Waals surface area (Å²) >= 11 is 0. The number of fused-ring (bicyclic) bond motifs is 5. The maximum Gasteiger partial charge on any atom is 0.335 e. The minimum Gasteiger partial charge on any atom is -0.481 e. The van der Waals surface area contributed by atoms with Crippen molar-refractivity contribution in [2.75, 3.05) is 19.6 Å². The Morgan fingerprint density at radius 3 is 2.63 bits per heavy atom. The van der Waals surface area contributed by atoms with Gasteiger partial charge in [-0.3, -0.25) is 9.59 Å². The zero-order chi connectivity index (χ0) is 29.2. The molecule has 3 amide bonds. The average molecular weight is 570 g/mol. The van der Waals surface area contributed by atoms with E-state index in [1.807, 2.05) is 0 Å². The van der Waals surface area contributed by atoms with Crippen LogP contribution in [-0.2, 0) is 9.59 Å². The van der Waals surface area contributed by atoms with Crippen LogP contribution in [0, 0.1) is 34.5 Å². The minimum absolute atomic E-state index is 0.0287. The van der Waals surface area contributed by atoms with Crippen molar-refractivity contribution in [3.8, 4) is 0 Å². The molecule has 41 heavy (non-hydrogen) atoms. The first-order valence-corrected chi connectivity index (χ1v) is 15.3. The second kappa shape index (κ2) is 10.1. The average Bonchev–Trinajstić information content (AvgIpc) is 3.15. The van der Waals surface area contributed by atoms with Crippen LogP contribution >= 0.6 is 0 Å². The molecule has 4 aliphatic carbocycles. The molecule has 0 aromatic carbocycles. The van der Waals surface area contributed by atoms with E-state index in [0.29, 0.717) is 31.3 Å². The fraction of sp³-hybridized carbons (Fsp3) is 0.742. The highest BCUT2D eigenvalue weighted by Crippen LogP contribution is 2.72. The molecule has 0 spiro atoms. The lowest BCUT2D eigenvalue weighted by Gasteiger charge is -2.63. The Hall–Kier alpha value is -2.88. The van der Waals surface area contributed by atoms with E-state index in [-0.39, 0.29) is 54.1 Å². The monoisotopic (exact) mass is 569 g/mol. The predicted molar refractivity (Wildman–Crippen MR) is 149 cm³/mol. The molecule has 5 fully saturated rings. The van der Waals surface area contributed by atoms with E-state index >= 15 is 0 Å². The summed E-state index contributed by atoms with van der Waals surface area (Å²) in [7, 11) is 0. The van der Waals surface area contributed by atoms with Crippen LogP contribution in [0.2, 0.25) is 0 Å². The highest BCUT2D eigenvalue weighted by molar-refractivity contribution is 5.85. The Balaban J connectivity index is 1.22. The summed E-state index contributed by atoms with van der Waals surface area (Å²) in [6, 6.07) is 3.05. The Morgan fingerprint density at radius 2 is 1.93 bits per heavy atom. The van der Waals surface area contributed by atoms with Gasteiger partial charge in [-0.15, -0.1) is 0 Å². The van der Waals surface area contributed by atoms with Gasteiger partial charge >= 0.3 is 17.6 Å². The number of aliphatic carboxylic acids is 1. The number of carboxylic acid groups (broad SMARTS) is 1. The lowest BCUT2D eigenvalue weighted by Crippen LogP contribution is -2.62. The Morgan fingerprint density at radius 1 is 1.12 bits per heavy atom. The van der Waals surface area contributed by atoms with Crippen LogP contribution in [0.3, 0.4) is 0 Å². The molecule has 0 unspecified atom stereocenters. The summed E-state index contributed by atoms with van der Waals surface area (Å²) in [6.07, 6.45) is 8.18. The third-order valence-corrected chi connectivity index (χ3v) is 12.2. The number of hydrogen-bond donors (Lipinski definition) is 4. The van der Waals surface area contributed by atoms with Gasteiger partial charge in [0.1, 0.15) is 6.54 Å². The highest BCUT2D eigenvalue weighted by atomic mass is 16.4. The predicted octanol–water partition coefficient (Wildman–Crippen LogP) is 3.09. The summed E-state index contributed by atoms with van der Waals surface area (Å²) in [6.45, 7) is 5.60. The maximum absolute atomic E-state index is 12.9. The number of nitrogens with zero attached hydrogens (tertiary/aromatic N) is 1. The molecule has 1 aliphatic heterocycles. The Kier molecular flexibility index (Phi) is 6.98. The van der Waals surface area contributed by atoms with E-state index in [1.165, 1.54) is 12.3 Å². The molecule has 1 aromatic heterocycles. The summed E-state index contributed by atoms with van der Waals surface area (Å²) in [5, 5.41) is 28.4. The largest absolute Gasteiger partial charge is 0.481 e. The van der Waals surface area contributed by atoms with Gasteiger partial charge in [0.25, 0.3) is 0 Å². The van der Waals surface area contributed by atoms with Crippen molar-refractivity contribution >= 4 is 17.9 Å². The number of aliphatic hydroxyl groups is 1. The van der Waals surface area contributed by atoms with E-state index in [2.05, 4.69) is 24.5 Å². The van der Waals surface area contributed by atoms with E-state index in [9.17, 15) is 29.4 Å². The van der Waals surface area contributed by atoms with Gasteiger partial charge in [-0.2, -0.15) is 0 Å². The lowest BCUT2D eigenvalue weighted by molar-refractivity contribution is -0.202. The third-order valence-electron chi connectivity index (χ3n) is 12.2. The topological polar surface area (TPSA) is 149 Å². The number of carboxylic acids is 1. The molecule has 4 saturated carbocycles. The molecule has 224 valence electrons. The first kappa shape index (κ1) is 28.2. The van der Waals surface area contributed by atoms with Gasteiger partial charge in [0.05, 0.1) is 11.9 Å². The van der Waals surface area contributed by atoms with Crippen molar-refractivity contribution in [1.29, 1.82) is 0 Å². The van der Waals surface area contributed by atoms with E-state index in [4.69, 9.17) is 4.42 Å². The first-order chi connectivity index (χ1) is 19.4. The molecule has 5 aliphatic rings. The van der Waals surface area contributed by atoms with Gasteiger partial charge in [0, 0.05) is 37.0 Å². The summed E-state index contributed by atoms with van der Waals surface area (Å²) in [4.78, 5) is 49.9. The molecule has 10 heteroatoms. The number of urea groups is 1. The van der Waals surface area contributed by atoms with Crippen molar-refractivity contribution in [3.05, 3.63) is 34.4 Å². The van der Waals surface area contributed by atoms with Gasteiger partial charge in [-0.05, 0) is 98.0 Å². The number of carbonyl (C=O) groups excluding carboxylic acids is 2. The van der Waals surface area contributed by atoms with Crippen molar-refractivity contribution in [2.45, 2.75) is 89.2 Å². The summed E-state index contributed by atoms with van der Waals surface area (Å²) in [5.74, 6) is -0.640. The number of hydrogen-bond acceptors (Lipinski definition) is 6. The smallest absolute Gasteiger partial charge is 0.335 e. The van der Waals surface area contributed by atoms with Crippen molar-refractivity contribution < 1.29 is 29.0 Å². The quantitative estimate of drug-likeness (QED) is 0.435. The lowest BCUT2D eigenvalue weighted by atomic mass is 9.43. The summed E-state index contributed by atoms with van der Waals surface area (Å²) in [5.41, 5.74) is -1.14. The van der Waals surface area contributed by atoms with E-state index < -0.39 is 22.6 Å². The Bertz CT molecular complexity index is 1260. The van der Waals surface area contributed by atoms with Crippen LogP contribution in [0.4, 0.5) is 4.79 Å². The van der Waals surface area contributed by atoms with Crippen molar-refractivity contribution in [2.24, 2.45) is 34.5 Å². The molecule has 10 nitrogen and oxygen atoms in total. The van der Waals surface area contributed by atoms with Crippen LogP contribution in [0.1, 0.15) is 83.1 Å². The zero-order valence-corrected chi connectivity index (χ0v) is 24.1. The number of amides is 3. The fourth-order valence-corrected chi connectivity index (χ4v) is 10.3. The molecular weight excluding hydrogens is 526 g/mol. The highest BCUT2D eigenvalue weighted by Gasteiger charge is 2.69. The molecule has 9 atom stereocenters. The molecule has 1 saturated heterocycles. The second-order valence-electron chi connectivity index (χ2n) is 14.0. The van der Waals surface area contributed by atoms with Crippen molar-refractivity contribution in [3.63, 3.8) is 0 Å². The normalized spacial score (nSPS) is 41.9. The van der Waals surface area contributed by atoms with Crippen LogP contribution < -0.4 is 16.3 Å². The van der Waals surface area contributed by atoms with Crippen LogP contribution in [0.5, 0.6) is 0 Å². The van der Waals surface area contributed by atoms with Crippen LogP contribution in [0.15, 0.2) is 27.6 Å². The van der Waals surface area contributed by atoms with Gasteiger partial charge in [-0.25, -0.2) is 9.59 Å². The molecule has 0 bridgehead atoms. The summed E-state index contributed by atoms with van der Waals surface area (Å²) < 4.78 is 5.22. The van der Waals surface area contributed by atoms with Gasteiger partial charge in [-0.1, -0.05) is 13.8 Å². The number of nitrogens with one attached hydrogen (secondary N) is 2. The van der Waals surface area contributed by atoms with Gasteiger partial charge < -0.3 is 30.2 Å². The number of piperazine rings is 1. The standard InChI is InChI=1S/C31H43N3O7/c1-29-9-7-21(33-28(39)34-12-11-32-24(35)16-34)14-20(29)4-5-23-22(29)8-10-30(2)27(18-3-6-26(38)41-17-18)19(13-25(36)37)15-31(23,30)40/h3,6,17,19-23,27,40H,4-5,7-16H2,1-2H3,(H,32,35)(H,33,39)(H,36,37)/t19-,20-,21+,22+,23-,27+,29+,30-,31+/m1/s1. The minimum atomic E-state index is -1.01. The second-order valence-corrected chi connectivity index (χ2v) is 14.0. The molecular formula is C31H43N3O7. The number of carbonyl (C=O) groups is 3. The van der Waals surface area contributed by atoms with Crippen LogP contribution in [0.25, 0.3) is 0 Å². The van der Waals surface area contributed by atoms with Crippen molar-refractivity contribution in [1.82, 2.24) is 15.5 Å². The Labute approximate surface area is 240 Å². The molecule has 1 aromatic rings. The van der Waals surface area contributed by atoms with E-state index in [0.717, 1.165) is 50.5 Å². The van der Waals surface area contributed by atoms with Gasteiger partial charge in [0.15, 0.2) is 0 Å². The van der Waals surface area contributed by atoms with Gasteiger partial charge in [0.2, 0.25) is 5.91 Å². The molecule has 6 rings (SSSR count). The fourth-order valence-electron chi connectivity index (χ4n) is 10.3. The van der Waals surface area contributed by atoms with E-state index in [1.54, 1.807) is 11.0 Å².